The largest absolute Gasteiger partial charge is 0.504 e. The van der Waals surface area contributed by atoms with Gasteiger partial charge in [-0.2, -0.15) is 0 Å². The Morgan fingerprint density at radius 3 is 2.59 bits per heavy atom. The summed E-state index contributed by atoms with van der Waals surface area (Å²) >= 11 is 1.34. The van der Waals surface area contributed by atoms with Crippen LogP contribution in [0, 0.1) is 0 Å². The number of ether oxygens (including phenoxy) is 2. The minimum absolute atomic E-state index is 0.0606. The Kier molecular flexibility index (Phi) is 6.82. The number of aromatic hydroxyl groups is 1. The molecular weight excluding hydrogens is 388 g/mol. The number of benzene rings is 2. The van der Waals surface area contributed by atoms with E-state index in [0.29, 0.717) is 29.0 Å². The fourth-order valence-corrected chi connectivity index (χ4v) is 3.87. The Morgan fingerprint density at radius 1 is 1.17 bits per heavy atom. The lowest BCUT2D eigenvalue weighted by molar-refractivity contribution is -0.122. The fraction of sp³-hybridized carbons (Fsp3) is 0.273. The highest BCUT2D eigenvalue weighted by atomic mass is 32.2. The molecule has 1 aliphatic rings. The molecule has 1 saturated heterocycles. The van der Waals surface area contributed by atoms with E-state index >= 15 is 0 Å². The highest BCUT2D eigenvalue weighted by Gasteiger charge is 2.32. The first-order valence-corrected chi connectivity index (χ1v) is 10.3. The molecule has 1 heterocycles. The molecule has 0 aromatic heterocycles. The number of methoxy groups -OCH3 is 1. The molecule has 6 nitrogen and oxygen atoms in total. The van der Waals surface area contributed by atoms with Crippen LogP contribution >= 0.6 is 11.8 Å². The van der Waals surface area contributed by atoms with E-state index < -0.39 is 0 Å². The average Bonchev–Trinajstić information content (AvgIpc) is 3.00. The van der Waals surface area contributed by atoms with Gasteiger partial charge in [-0.05, 0) is 73.1 Å². The van der Waals surface area contributed by atoms with Crippen LogP contribution in [-0.2, 0) is 4.79 Å². The fourth-order valence-electron chi connectivity index (χ4n) is 2.84. The molecule has 0 bridgehead atoms. The van der Waals surface area contributed by atoms with Crippen molar-refractivity contribution in [3.05, 3.63) is 52.9 Å². The number of phenols is 1. The predicted octanol–water partition coefficient (Wildman–Crippen LogP) is 4.81. The van der Waals surface area contributed by atoms with E-state index in [2.05, 4.69) is 4.99 Å². The highest BCUT2D eigenvalue weighted by molar-refractivity contribution is 8.18. The van der Waals surface area contributed by atoms with Crippen LogP contribution in [0.25, 0.3) is 6.08 Å². The lowest BCUT2D eigenvalue weighted by Crippen LogP contribution is -2.29. The Labute approximate surface area is 174 Å². The Balaban J connectivity index is 1.89. The molecule has 1 amide bonds. The molecule has 0 saturated carbocycles. The molecular formula is C22H24N2O4S. The Morgan fingerprint density at radius 2 is 1.93 bits per heavy atom. The summed E-state index contributed by atoms with van der Waals surface area (Å²) in [6, 6.07) is 12.5. The summed E-state index contributed by atoms with van der Waals surface area (Å²) < 4.78 is 10.6. The monoisotopic (exact) mass is 412 g/mol. The first kappa shape index (κ1) is 20.8. The third-order valence-electron chi connectivity index (χ3n) is 4.21. The van der Waals surface area contributed by atoms with E-state index in [1.165, 1.54) is 18.9 Å². The van der Waals surface area contributed by atoms with Gasteiger partial charge in [0.05, 0.1) is 24.3 Å². The SMILES string of the molecule is CCCN1C(=O)/C(=C/c2ccc(O)c(OC)c2)SC1=Nc1ccc(OCC)cc1. The third-order valence-corrected chi connectivity index (χ3v) is 5.22. The van der Waals surface area contributed by atoms with Gasteiger partial charge in [0.25, 0.3) is 5.91 Å². The lowest BCUT2D eigenvalue weighted by atomic mass is 10.2. The molecule has 1 fully saturated rings. The number of amides is 1. The van der Waals surface area contributed by atoms with Gasteiger partial charge in [-0.1, -0.05) is 13.0 Å². The molecule has 1 aliphatic heterocycles. The number of phenolic OH excluding ortho intramolecular Hbond substituents is 1. The van der Waals surface area contributed by atoms with Crippen molar-refractivity contribution >= 4 is 34.6 Å². The second-order valence-corrected chi connectivity index (χ2v) is 7.33. The number of hydrogen-bond donors (Lipinski definition) is 1. The van der Waals surface area contributed by atoms with E-state index in [9.17, 15) is 9.90 Å². The van der Waals surface area contributed by atoms with Crippen molar-refractivity contribution in [3.8, 4) is 17.2 Å². The van der Waals surface area contributed by atoms with Crippen molar-refractivity contribution in [1.29, 1.82) is 0 Å². The molecule has 0 spiro atoms. The number of hydrogen-bond acceptors (Lipinski definition) is 6. The van der Waals surface area contributed by atoms with Gasteiger partial charge in [0.2, 0.25) is 0 Å². The molecule has 1 N–H and O–H groups in total. The summed E-state index contributed by atoms with van der Waals surface area (Å²) in [4.78, 5) is 19.9. The summed E-state index contributed by atoms with van der Waals surface area (Å²) in [7, 11) is 1.49. The summed E-state index contributed by atoms with van der Waals surface area (Å²) in [5, 5.41) is 10.4. The van der Waals surface area contributed by atoms with Crippen LogP contribution < -0.4 is 9.47 Å². The van der Waals surface area contributed by atoms with Crippen LogP contribution in [0.4, 0.5) is 5.69 Å². The minimum Gasteiger partial charge on any atom is -0.504 e. The van der Waals surface area contributed by atoms with Gasteiger partial charge >= 0.3 is 0 Å². The highest BCUT2D eigenvalue weighted by Crippen LogP contribution is 2.35. The zero-order valence-electron chi connectivity index (χ0n) is 16.7. The van der Waals surface area contributed by atoms with Crippen LogP contribution in [0.1, 0.15) is 25.8 Å². The molecule has 2 aromatic rings. The number of aliphatic imine (C=N–C) groups is 1. The van der Waals surface area contributed by atoms with E-state index in [0.717, 1.165) is 23.4 Å². The third kappa shape index (κ3) is 4.92. The maximum absolute atomic E-state index is 12.9. The molecule has 0 atom stereocenters. The van der Waals surface area contributed by atoms with Crippen LogP contribution in [0.2, 0.25) is 0 Å². The van der Waals surface area contributed by atoms with Gasteiger partial charge in [-0.25, -0.2) is 4.99 Å². The number of nitrogens with zero attached hydrogens (tertiary/aromatic N) is 2. The van der Waals surface area contributed by atoms with Crippen LogP contribution in [-0.4, -0.2) is 41.3 Å². The van der Waals surface area contributed by atoms with E-state index in [4.69, 9.17) is 9.47 Å². The molecule has 152 valence electrons. The molecule has 7 heteroatoms. The molecule has 29 heavy (non-hydrogen) atoms. The summed E-state index contributed by atoms with van der Waals surface area (Å²) in [6.07, 6.45) is 2.62. The lowest BCUT2D eigenvalue weighted by Gasteiger charge is -2.14. The topological polar surface area (TPSA) is 71.4 Å². The first-order valence-electron chi connectivity index (χ1n) is 9.45. The molecule has 0 aliphatic carbocycles. The summed E-state index contributed by atoms with van der Waals surface area (Å²) in [5.74, 6) is 1.14. The quantitative estimate of drug-likeness (QED) is 0.661. The number of amidine groups is 1. The van der Waals surface area contributed by atoms with Crippen molar-refractivity contribution in [2.45, 2.75) is 20.3 Å². The smallest absolute Gasteiger partial charge is 0.266 e. The van der Waals surface area contributed by atoms with Gasteiger partial charge < -0.3 is 14.6 Å². The van der Waals surface area contributed by atoms with Crippen LogP contribution in [0.3, 0.4) is 0 Å². The molecule has 2 aromatic carbocycles. The van der Waals surface area contributed by atoms with E-state index in [1.807, 2.05) is 38.1 Å². The number of rotatable bonds is 7. The van der Waals surface area contributed by atoms with Gasteiger partial charge in [0.15, 0.2) is 16.7 Å². The average molecular weight is 413 g/mol. The summed E-state index contributed by atoms with van der Waals surface area (Å²) in [6.45, 7) is 5.17. The standard InChI is InChI=1S/C22H24N2O4S/c1-4-12-24-21(26)20(14-15-6-11-18(25)19(13-15)27-3)29-22(24)23-16-7-9-17(10-8-16)28-5-2/h6-11,13-14,25H,4-5,12H2,1-3H3/b20-14-,23-22?. The maximum atomic E-state index is 12.9. The van der Waals surface area contributed by atoms with E-state index in [-0.39, 0.29) is 11.7 Å². The van der Waals surface area contributed by atoms with Crippen molar-refractivity contribution in [3.63, 3.8) is 0 Å². The van der Waals surface area contributed by atoms with Gasteiger partial charge in [0.1, 0.15) is 5.75 Å². The Hall–Kier alpha value is -2.93. The van der Waals surface area contributed by atoms with Gasteiger partial charge in [-0.3, -0.25) is 9.69 Å². The van der Waals surface area contributed by atoms with Crippen molar-refractivity contribution in [1.82, 2.24) is 4.90 Å². The number of carbonyl (C=O) groups is 1. The van der Waals surface area contributed by atoms with Crippen molar-refractivity contribution < 1.29 is 19.4 Å². The zero-order chi connectivity index (χ0) is 20.8. The van der Waals surface area contributed by atoms with Crippen molar-refractivity contribution in [2.75, 3.05) is 20.3 Å². The van der Waals surface area contributed by atoms with Crippen LogP contribution in [0.15, 0.2) is 52.4 Å². The Bertz CT molecular complexity index is 938. The van der Waals surface area contributed by atoms with Crippen LogP contribution in [0.5, 0.6) is 17.2 Å². The van der Waals surface area contributed by atoms with Gasteiger partial charge in [-0.15, -0.1) is 0 Å². The van der Waals surface area contributed by atoms with Gasteiger partial charge in [0, 0.05) is 6.54 Å². The van der Waals surface area contributed by atoms with Crippen molar-refractivity contribution in [2.24, 2.45) is 4.99 Å². The first-order chi connectivity index (χ1) is 14.0. The second kappa shape index (κ2) is 9.52. The normalized spacial score (nSPS) is 16.7. The minimum atomic E-state index is -0.0754. The molecule has 0 radical (unpaired) electrons. The summed E-state index contributed by atoms with van der Waals surface area (Å²) in [5.41, 5.74) is 1.53. The number of thioether (sulfide) groups is 1. The zero-order valence-corrected chi connectivity index (χ0v) is 17.5. The van der Waals surface area contributed by atoms with E-state index in [1.54, 1.807) is 29.2 Å². The molecule has 0 unspecified atom stereocenters. The maximum Gasteiger partial charge on any atom is 0.266 e. The predicted molar refractivity (Wildman–Crippen MR) is 117 cm³/mol. The molecule has 3 rings (SSSR count). The second-order valence-electron chi connectivity index (χ2n) is 6.32. The number of carbonyl (C=O) groups excluding carboxylic acids is 1.